The van der Waals surface area contributed by atoms with Crippen molar-refractivity contribution in [3.63, 3.8) is 0 Å². The molecule has 1 aromatic heterocycles. The van der Waals surface area contributed by atoms with Crippen molar-refractivity contribution in [1.82, 2.24) is 4.98 Å². The first-order chi connectivity index (χ1) is 11.0. The number of rotatable bonds is 6. The molecule has 0 saturated heterocycles. The Morgan fingerprint density at radius 3 is 2.74 bits per heavy atom. The van der Waals surface area contributed by atoms with Crippen LogP contribution in [0.4, 0.5) is 5.69 Å². The number of pyridine rings is 1. The van der Waals surface area contributed by atoms with Crippen LogP contribution in [0.1, 0.15) is 36.3 Å². The van der Waals surface area contributed by atoms with Gasteiger partial charge in [-0.1, -0.05) is 13.0 Å². The number of hydrogen-bond donors (Lipinski definition) is 2. The van der Waals surface area contributed by atoms with E-state index in [4.69, 9.17) is 20.9 Å². The Morgan fingerprint density at radius 2 is 2.09 bits per heavy atom. The van der Waals surface area contributed by atoms with Crippen LogP contribution >= 0.6 is 0 Å². The molecule has 2 aromatic rings. The summed E-state index contributed by atoms with van der Waals surface area (Å²) in [6.45, 7) is 6.13. The summed E-state index contributed by atoms with van der Waals surface area (Å²) < 4.78 is 10.9. The number of carbonyl (C=O) groups excluding carboxylic acids is 1. The zero-order valence-electron chi connectivity index (χ0n) is 13.8. The fourth-order valence-corrected chi connectivity index (χ4v) is 2.34. The number of aryl methyl sites for hydroxylation is 1. The molecule has 1 atom stereocenters. The van der Waals surface area contributed by atoms with E-state index in [1.807, 2.05) is 19.1 Å². The maximum absolute atomic E-state index is 12.2. The summed E-state index contributed by atoms with van der Waals surface area (Å²) in [6, 6.07) is 5.41. The number of ether oxygens (including phenoxy) is 2. The van der Waals surface area contributed by atoms with Crippen LogP contribution in [0, 0.1) is 6.92 Å². The molecular weight excluding hydrogens is 294 g/mol. The number of hydrogen-bond acceptors (Lipinski definition) is 6. The molecule has 23 heavy (non-hydrogen) atoms. The highest BCUT2D eigenvalue weighted by Crippen LogP contribution is 2.33. The molecule has 0 aliphatic rings. The average molecular weight is 317 g/mol. The second kappa shape index (κ2) is 7.28. The summed E-state index contributed by atoms with van der Waals surface area (Å²) in [7, 11) is 0. The molecule has 0 amide bonds. The lowest BCUT2D eigenvalue weighted by Crippen LogP contribution is -2.26. The Morgan fingerprint density at radius 1 is 1.35 bits per heavy atom. The number of anilines is 1. The summed E-state index contributed by atoms with van der Waals surface area (Å²) in [5.41, 5.74) is 14.0. The minimum atomic E-state index is -0.475. The molecule has 0 radical (unpaired) electrons. The minimum absolute atomic E-state index is 0.0607. The number of nitrogen functional groups attached to an aromatic ring is 1. The molecule has 0 bridgehead atoms. The van der Waals surface area contributed by atoms with Crippen LogP contribution in [-0.2, 0) is 4.74 Å². The molecule has 0 saturated carbocycles. The largest absolute Gasteiger partial charge is 0.491 e. The number of nitrogens with zero attached hydrogens (tertiary/aromatic N) is 1. The van der Waals surface area contributed by atoms with Crippen LogP contribution in [0.2, 0.25) is 0 Å². The fourth-order valence-electron chi connectivity index (χ4n) is 2.34. The molecule has 4 N–H and O–H groups in total. The van der Waals surface area contributed by atoms with Gasteiger partial charge in [0.05, 0.1) is 28.9 Å². The van der Waals surface area contributed by atoms with Gasteiger partial charge in [-0.15, -0.1) is 0 Å². The van der Waals surface area contributed by atoms with Crippen LogP contribution in [0.25, 0.3) is 10.9 Å². The van der Waals surface area contributed by atoms with Crippen LogP contribution in [0.3, 0.4) is 0 Å². The van der Waals surface area contributed by atoms with Gasteiger partial charge in [0, 0.05) is 6.04 Å². The highest BCUT2D eigenvalue weighted by atomic mass is 16.5. The molecule has 0 aliphatic carbocycles. The van der Waals surface area contributed by atoms with E-state index in [-0.39, 0.29) is 18.2 Å². The highest BCUT2D eigenvalue weighted by molar-refractivity contribution is 6.07. The first-order valence-electron chi connectivity index (χ1n) is 7.73. The van der Waals surface area contributed by atoms with Gasteiger partial charge < -0.3 is 20.9 Å². The third-order valence-electron chi connectivity index (χ3n) is 3.65. The van der Waals surface area contributed by atoms with E-state index in [1.54, 1.807) is 19.9 Å². The molecule has 1 aromatic carbocycles. The van der Waals surface area contributed by atoms with Crippen molar-refractivity contribution < 1.29 is 14.3 Å². The number of carbonyl (C=O) groups is 1. The van der Waals surface area contributed by atoms with Crippen molar-refractivity contribution in [2.45, 2.75) is 33.2 Å². The smallest absolute Gasteiger partial charge is 0.342 e. The van der Waals surface area contributed by atoms with Gasteiger partial charge in [-0.25, -0.2) is 4.79 Å². The molecule has 0 unspecified atom stereocenters. The Bertz CT molecular complexity index is 716. The summed E-state index contributed by atoms with van der Waals surface area (Å²) in [5, 5.41) is 0.615. The monoisotopic (exact) mass is 317 g/mol. The Kier molecular flexibility index (Phi) is 5.39. The van der Waals surface area contributed by atoms with Crippen molar-refractivity contribution in [3.05, 3.63) is 29.5 Å². The maximum atomic E-state index is 12.2. The minimum Gasteiger partial charge on any atom is -0.491 e. The topological polar surface area (TPSA) is 100 Å². The van der Waals surface area contributed by atoms with E-state index >= 15 is 0 Å². The van der Waals surface area contributed by atoms with Gasteiger partial charge in [-0.3, -0.25) is 4.98 Å². The van der Waals surface area contributed by atoms with Crippen LogP contribution < -0.4 is 16.2 Å². The maximum Gasteiger partial charge on any atom is 0.342 e. The van der Waals surface area contributed by atoms with E-state index in [1.165, 1.54) is 0 Å². The van der Waals surface area contributed by atoms with Gasteiger partial charge in [0.1, 0.15) is 17.9 Å². The fraction of sp³-hybridized carbons (Fsp3) is 0.412. The van der Waals surface area contributed by atoms with Gasteiger partial charge in [0.25, 0.3) is 0 Å². The summed E-state index contributed by atoms with van der Waals surface area (Å²) in [4.78, 5) is 16.6. The van der Waals surface area contributed by atoms with Crippen LogP contribution in [0.5, 0.6) is 5.75 Å². The van der Waals surface area contributed by atoms with Crippen molar-refractivity contribution >= 4 is 22.6 Å². The molecule has 6 heteroatoms. The van der Waals surface area contributed by atoms with E-state index < -0.39 is 5.97 Å². The average Bonchev–Trinajstić information content (AvgIpc) is 2.52. The first-order valence-corrected chi connectivity index (χ1v) is 7.73. The van der Waals surface area contributed by atoms with Crippen molar-refractivity contribution in [2.24, 2.45) is 5.73 Å². The molecule has 1 heterocycles. The number of aromatic nitrogens is 1. The lowest BCUT2D eigenvalue weighted by atomic mass is 10.1. The number of fused-ring (bicyclic) bond motifs is 1. The Labute approximate surface area is 135 Å². The van der Waals surface area contributed by atoms with E-state index in [0.717, 1.165) is 6.42 Å². The Balaban J connectivity index is 2.53. The first kappa shape index (κ1) is 17.0. The van der Waals surface area contributed by atoms with Gasteiger partial charge >= 0.3 is 5.97 Å². The van der Waals surface area contributed by atoms with Crippen LogP contribution in [0.15, 0.2) is 18.2 Å². The molecule has 6 nitrogen and oxygen atoms in total. The van der Waals surface area contributed by atoms with Gasteiger partial charge in [-0.05, 0) is 32.4 Å². The van der Waals surface area contributed by atoms with Crippen molar-refractivity contribution in [3.8, 4) is 5.75 Å². The predicted molar refractivity (Wildman–Crippen MR) is 90.6 cm³/mol. The molecule has 0 aliphatic heterocycles. The second-order valence-corrected chi connectivity index (χ2v) is 5.34. The zero-order valence-corrected chi connectivity index (χ0v) is 13.8. The number of nitrogens with two attached hydrogens (primary N) is 2. The van der Waals surface area contributed by atoms with E-state index in [9.17, 15) is 4.79 Å². The number of benzene rings is 1. The molecule has 0 fully saturated rings. The van der Waals surface area contributed by atoms with Crippen LogP contribution in [-0.4, -0.2) is 30.2 Å². The summed E-state index contributed by atoms with van der Waals surface area (Å²) in [5.74, 6) is 0.0962. The van der Waals surface area contributed by atoms with Gasteiger partial charge in [-0.2, -0.15) is 0 Å². The normalized spacial score (nSPS) is 12.2. The third kappa shape index (κ3) is 3.53. The summed E-state index contributed by atoms with van der Waals surface area (Å²) in [6.07, 6.45) is 0.811. The zero-order chi connectivity index (χ0) is 17.0. The Hall–Kier alpha value is -2.34. The highest BCUT2D eigenvalue weighted by Gasteiger charge is 2.20. The predicted octanol–water partition coefficient (Wildman–Crippen LogP) is 2.42. The molecule has 0 spiro atoms. The molecule has 2 rings (SSSR count). The lowest BCUT2D eigenvalue weighted by molar-refractivity contribution is 0.0526. The van der Waals surface area contributed by atoms with E-state index in [2.05, 4.69) is 4.98 Å². The second-order valence-electron chi connectivity index (χ2n) is 5.34. The lowest BCUT2D eigenvalue weighted by Gasteiger charge is -2.16. The third-order valence-corrected chi connectivity index (χ3v) is 3.65. The number of esters is 1. The SMILES string of the molecule is CCOC(=O)c1c(C)nc2cccc(OC[C@@H](N)CC)c2c1N. The quantitative estimate of drug-likeness (QED) is 0.794. The molecular formula is C17H23N3O3. The van der Waals surface area contributed by atoms with E-state index in [0.29, 0.717) is 34.6 Å². The summed E-state index contributed by atoms with van der Waals surface area (Å²) >= 11 is 0. The van der Waals surface area contributed by atoms with Crippen molar-refractivity contribution in [1.29, 1.82) is 0 Å². The molecule has 124 valence electrons. The van der Waals surface area contributed by atoms with Gasteiger partial charge in [0.15, 0.2) is 0 Å². The van der Waals surface area contributed by atoms with Gasteiger partial charge in [0.2, 0.25) is 0 Å². The van der Waals surface area contributed by atoms with Crippen molar-refractivity contribution in [2.75, 3.05) is 18.9 Å². The standard InChI is InChI=1S/C17H23N3O3/c1-4-11(18)9-23-13-8-6-7-12-15(13)16(19)14(10(3)20-12)17(21)22-5-2/h6-8,11H,4-5,9,18H2,1-3H3,(H2,19,20)/t11-/m0/s1.